The highest BCUT2D eigenvalue weighted by Crippen LogP contribution is 2.42. The topological polar surface area (TPSA) is 67.1 Å². The number of pyridine rings is 1. The van der Waals surface area contributed by atoms with Gasteiger partial charge in [0.15, 0.2) is 0 Å². The zero-order valence-electron chi connectivity index (χ0n) is 13.3. The van der Waals surface area contributed by atoms with Gasteiger partial charge in [-0.05, 0) is 18.6 Å². The van der Waals surface area contributed by atoms with Crippen LogP contribution in [-0.4, -0.2) is 52.3 Å². The molecular weight excluding hydrogens is 330 g/mol. The highest BCUT2D eigenvalue weighted by molar-refractivity contribution is 6.30. The van der Waals surface area contributed by atoms with Crippen molar-refractivity contribution in [2.24, 2.45) is 11.3 Å². The molecule has 0 saturated carbocycles. The molecular formula is C17H20ClN3O3. The Bertz CT molecular complexity index is 824. The monoisotopic (exact) mass is 349 g/mol. The molecule has 128 valence electrons. The van der Waals surface area contributed by atoms with E-state index < -0.39 is 0 Å². The van der Waals surface area contributed by atoms with Crippen molar-refractivity contribution in [2.45, 2.75) is 13.0 Å². The lowest BCUT2D eigenvalue weighted by Gasteiger charge is -2.36. The standard InChI is InChI=1S/C17H20ClN3O3/c18-13-1-2-15-19-14(5-16(23)21(15)7-13)8-20-6-12-9-24-4-3-17(12,10-20)11-22/h1-2,5,7,12,22H,3-4,6,8-11H2/t12-,17-/m1/s1. The van der Waals surface area contributed by atoms with Crippen molar-refractivity contribution in [3.05, 3.63) is 45.5 Å². The third-order valence-electron chi connectivity index (χ3n) is 5.32. The SMILES string of the molecule is O=c1cc(CN2C[C@@H]3COCC[C@]3(CO)C2)nc2ccc(Cl)cn12. The number of fused-ring (bicyclic) bond motifs is 2. The molecule has 2 aromatic heterocycles. The molecule has 1 N–H and O–H groups in total. The van der Waals surface area contributed by atoms with E-state index in [4.69, 9.17) is 16.3 Å². The van der Waals surface area contributed by atoms with Gasteiger partial charge in [0.05, 0.1) is 23.9 Å². The summed E-state index contributed by atoms with van der Waals surface area (Å²) in [6.45, 7) is 3.88. The van der Waals surface area contributed by atoms with Gasteiger partial charge >= 0.3 is 0 Å². The Morgan fingerprint density at radius 3 is 3.12 bits per heavy atom. The average Bonchev–Trinajstić information content (AvgIpc) is 2.94. The van der Waals surface area contributed by atoms with Crippen molar-refractivity contribution in [3.8, 4) is 0 Å². The van der Waals surface area contributed by atoms with E-state index >= 15 is 0 Å². The minimum absolute atomic E-state index is 0.0718. The van der Waals surface area contributed by atoms with Crippen LogP contribution < -0.4 is 5.56 Å². The van der Waals surface area contributed by atoms with Crippen LogP contribution in [0.5, 0.6) is 0 Å². The van der Waals surface area contributed by atoms with Gasteiger partial charge in [0, 0.05) is 49.8 Å². The maximum absolute atomic E-state index is 12.3. The third kappa shape index (κ3) is 2.73. The van der Waals surface area contributed by atoms with Crippen LogP contribution in [0, 0.1) is 11.3 Å². The van der Waals surface area contributed by atoms with Crippen molar-refractivity contribution in [2.75, 3.05) is 32.9 Å². The smallest absolute Gasteiger partial charge is 0.258 e. The second kappa shape index (κ2) is 6.11. The number of rotatable bonds is 3. The van der Waals surface area contributed by atoms with Crippen LogP contribution >= 0.6 is 11.6 Å². The van der Waals surface area contributed by atoms with Crippen molar-refractivity contribution in [1.29, 1.82) is 0 Å². The van der Waals surface area contributed by atoms with Crippen LogP contribution in [0.1, 0.15) is 12.1 Å². The fourth-order valence-corrected chi connectivity index (χ4v) is 4.13. The van der Waals surface area contributed by atoms with Gasteiger partial charge in [-0.25, -0.2) is 4.98 Å². The normalized spacial score (nSPS) is 27.5. The van der Waals surface area contributed by atoms with E-state index in [0.29, 0.717) is 36.3 Å². The zero-order chi connectivity index (χ0) is 16.7. The number of likely N-dealkylation sites (tertiary alicyclic amines) is 1. The molecule has 6 nitrogen and oxygen atoms in total. The van der Waals surface area contributed by atoms with Gasteiger partial charge in [-0.3, -0.25) is 14.1 Å². The fourth-order valence-electron chi connectivity index (χ4n) is 3.97. The first-order valence-corrected chi connectivity index (χ1v) is 8.56. The van der Waals surface area contributed by atoms with Crippen molar-refractivity contribution >= 4 is 17.2 Å². The highest BCUT2D eigenvalue weighted by Gasteiger charge is 2.47. The summed E-state index contributed by atoms with van der Waals surface area (Å²) in [5.74, 6) is 0.344. The molecule has 24 heavy (non-hydrogen) atoms. The predicted octanol–water partition coefficient (Wildman–Crippen LogP) is 1.18. The van der Waals surface area contributed by atoms with Crippen LogP contribution in [0.2, 0.25) is 5.02 Å². The number of hydrogen-bond donors (Lipinski definition) is 1. The number of aromatic nitrogens is 2. The van der Waals surface area contributed by atoms with Gasteiger partial charge in [0.25, 0.3) is 5.56 Å². The average molecular weight is 350 g/mol. The highest BCUT2D eigenvalue weighted by atomic mass is 35.5. The van der Waals surface area contributed by atoms with Crippen LogP contribution in [-0.2, 0) is 11.3 Å². The number of halogens is 1. The lowest BCUT2D eigenvalue weighted by Crippen LogP contribution is -2.41. The Morgan fingerprint density at radius 2 is 2.33 bits per heavy atom. The van der Waals surface area contributed by atoms with E-state index in [1.807, 2.05) is 0 Å². The second-order valence-corrected chi connectivity index (χ2v) is 7.31. The van der Waals surface area contributed by atoms with Gasteiger partial charge in [-0.15, -0.1) is 0 Å². The largest absolute Gasteiger partial charge is 0.396 e. The van der Waals surface area contributed by atoms with Crippen LogP contribution in [0.3, 0.4) is 0 Å². The summed E-state index contributed by atoms with van der Waals surface area (Å²) in [7, 11) is 0. The molecule has 2 atom stereocenters. The lowest BCUT2D eigenvalue weighted by molar-refractivity contribution is -0.0417. The number of hydrogen-bond acceptors (Lipinski definition) is 5. The summed E-state index contributed by atoms with van der Waals surface area (Å²) < 4.78 is 7.03. The molecule has 0 spiro atoms. The first-order chi connectivity index (χ1) is 11.6. The predicted molar refractivity (Wildman–Crippen MR) is 90.2 cm³/mol. The van der Waals surface area contributed by atoms with Gasteiger partial charge < -0.3 is 9.84 Å². The summed E-state index contributed by atoms with van der Waals surface area (Å²) in [5, 5.41) is 10.4. The molecule has 2 aliphatic heterocycles. The Labute approximate surface area is 144 Å². The molecule has 2 saturated heterocycles. The summed E-state index contributed by atoms with van der Waals surface area (Å²) in [5.41, 5.74) is 1.14. The number of nitrogens with zero attached hydrogens (tertiary/aromatic N) is 3. The molecule has 4 rings (SSSR count). The molecule has 0 aromatic carbocycles. The summed E-state index contributed by atoms with van der Waals surface area (Å²) in [4.78, 5) is 19.1. The molecule has 0 unspecified atom stereocenters. The van der Waals surface area contributed by atoms with Gasteiger partial charge in [-0.1, -0.05) is 11.6 Å². The van der Waals surface area contributed by atoms with E-state index in [1.54, 1.807) is 24.4 Å². The second-order valence-electron chi connectivity index (χ2n) is 6.87. The van der Waals surface area contributed by atoms with E-state index in [9.17, 15) is 9.90 Å². The van der Waals surface area contributed by atoms with E-state index in [1.165, 1.54) is 4.40 Å². The Morgan fingerprint density at radius 1 is 1.46 bits per heavy atom. The molecule has 2 aliphatic rings. The van der Waals surface area contributed by atoms with Crippen molar-refractivity contribution < 1.29 is 9.84 Å². The Hall–Kier alpha value is -1.47. The number of aliphatic hydroxyl groups excluding tert-OH is 1. The van der Waals surface area contributed by atoms with Crippen molar-refractivity contribution in [1.82, 2.24) is 14.3 Å². The minimum atomic E-state index is -0.130. The molecule has 0 bridgehead atoms. The van der Waals surface area contributed by atoms with Crippen LogP contribution in [0.4, 0.5) is 0 Å². The number of aliphatic hydroxyl groups is 1. The fraction of sp³-hybridized carbons (Fsp3) is 0.529. The first kappa shape index (κ1) is 16.0. The lowest BCUT2D eigenvalue weighted by atomic mass is 9.75. The summed E-state index contributed by atoms with van der Waals surface area (Å²) in [6, 6.07) is 5.04. The molecule has 0 radical (unpaired) electrons. The zero-order valence-corrected chi connectivity index (χ0v) is 14.1. The van der Waals surface area contributed by atoms with Gasteiger partial charge in [-0.2, -0.15) is 0 Å². The minimum Gasteiger partial charge on any atom is -0.396 e. The third-order valence-corrected chi connectivity index (χ3v) is 5.55. The maximum atomic E-state index is 12.3. The van der Waals surface area contributed by atoms with Gasteiger partial charge in [0.1, 0.15) is 5.65 Å². The number of ether oxygens (including phenoxy) is 1. The Balaban J connectivity index is 1.59. The van der Waals surface area contributed by atoms with Crippen LogP contribution in [0.15, 0.2) is 29.2 Å². The van der Waals surface area contributed by atoms with Crippen LogP contribution in [0.25, 0.3) is 5.65 Å². The van der Waals surface area contributed by atoms with E-state index in [-0.39, 0.29) is 17.6 Å². The molecule has 4 heterocycles. The van der Waals surface area contributed by atoms with E-state index in [2.05, 4.69) is 9.88 Å². The van der Waals surface area contributed by atoms with E-state index in [0.717, 1.165) is 25.2 Å². The molecule has 7 heteroatoms. The van der Waals surface area contributed by atoms with Crippen molar-refractivity contribution in [3.63, 3.8) is 0 Å². The maximum Gasteiger partial charge on any atom is 0.258 e. The molecule has 0 amide bonds. The quantitative estimate of drug-likeness (QED) is 0.901. The first-order valence-electron chi connectivity index (χ1n) is 8.18. The summed E-state index contributed by atoms with van der Waals surface area (Å²) in [6.07, 6.45) is 2.47. The van der Waals surface area contributed by atoms with Gasteiger partial charge in [0.2, 0.25) is 0 Å². The Kier molecular flexibility index (Phi) is 4.08. The summed E-state index contributed by atoms with van der Waals surface area (Å²) >= 11 is 5.94. The molecule has 0 aliphatic carbocycles. The molecule has 2 fully saturated rings. The molecule has 2 aromatic rings.